The molecule has 0 radical (unpaired) electrons. The zero-order valence-corrected chi connectivity index (χ0v) is 22.8. The Morgan fingerprint density at radius 3 is 1.31 bits per heavy atom. The van der Waals surface area contributed by atoms with Gasteiger partial charge in [-0.3, -0.25) is 0 Å². The van der Waals surface area contributed by atoms with Gasteiger partial charge in [0.05, 0.1) is 18.8 Å². The topological polar surface area (TPSA) is 44.8 Å². The number of ether oxygens (including phenoxy) is 3. The summed E-state index contributed by atoms with van der Waals surface area (Å²) in [5, 5.41) is 0. The van der Waals surface area contributed by atoms with Crippen LogP contribution in [0.3, 0.4) is 0 Å². The summed E-state index contributed by atoms with van der Waals surface area (Å²) >= 11 is 0. The lowest BCUT2D eigenvalue weighted by Gasteiger charge is -2.09. The number of hydrogen-bond donors (Lipinski definition) is 0. The van der Waals surface area contributed by atoms with Gasteiger partial charge >= 0.3 is 5.97 Å². The predicted molar refractivity (Wildman–Crippen MR) is 149 cm³/mol. The number of hydrogen-bond acceptors (Lipinski definition) is 4. The van der Waals surface area contributed by atoms with Gasteiger partial charge in [-0.05, 0) is 61.4 Å². The smallest absolute Gasteiger partial charge is 0.343 e. The van der Waals surface area contributed by atoms with E-state index in [2.05, 4.69) is 13.8 Å². The number of benzene rings is 2. The molecule has 2 aromatic carbocycles. The zero-order chi connectivity index (χ0) is 25.7. The average molecular weight is 497 g/mol. The van der Waals surface area contributed by atoms with Crippen LogP contribution < -0.4 is 14.2 Å². The standard InChI is InChI=1S/C32H48O4/c1-3-5-7-9-11-13-15-17-27-35-30-22-24-31(25-23-30)36-32(33)28-18-20-29(21-19-28)34-26-16-14-12-10-8-6-4-2/h18-25H,3-17,26-27H2,1-2H3. The third-order valence-electron chi connectivity index (χ3n) is 6.41. The fraction of sp³-hybridized carbons (Fsp3) is 0.594. The quantitative estimate of drug-likeness (QED) is 0.0980. The molecule has 200 valence electrons. The van der Waals surface area contributed by atoms with Crippen molar-refractivity contribution in [2.75, 3.05) is 13.2 Å². The first-order valence-corrected chi connectivity index (χ1v) is 14.4. The summed E-state index contributed by atoms with van der Waals surface area (Å²) in [5.41, 5.74) is 0.508. The number of rotatable bonds is 21. The van der Waals surface area contributed by atoms with Crippen LogP contribution in [0, 0.1) is 0 Å². The molecule has 0 N–H and O–H groups in total. The van der Waals surface area contributed by atoms with Crippen LogP contribution in [0.25, 0.3) is 0 Å². The van der Waals surface area contributed by atoms with E-state index >= 15 is 0 Å². The van der Waals surface area contributed by atoms with Crippen molar-refractivity contribution in [1.82, 2.24) is 0 Å². The SMILES string of the molecule is CCCCCCCCCCOc1ccc(OC(=O)c2ccc(OCCCCCCCCC)cc2)cc1. The number of esters is 1. The normalized spacial score (nSPS) is 10.8. The second kappa shape index (κ2) is 19.7. The average Bonchev–Trinajstić information content (AvgIpc) is 2.90. The molecule has 0 unspecified atom stereocenters. The molecule has 0 bridgehead atoms. The van der Waals surface area contributed by atoms with Crippen molar-refractivity contribution in [2.24, 2.45) is 0 Å². The van der Waals surface area contributed by atoms with E-state index in [9.17, 15) is 4.79 Å². The van der Waals surface area contributed by atoms with E-state index < -0.39 is 0 Å². The van der Waals surface area contributed by atoms with E-state index in [1.807, 2.05) is 24.3 Å². The van der Waals surface area contributed by atoms with E-state index in [4.69, 9.17) is 14.2 Å². The van der Waals surface area contributed by atoms with Gasteiger partial charge in [-0.25, -0.2) is 4.79 Å². The largest absolute Gasteiger partial charge is 0.494 e. The van der Waals surface area contributed by atoms with Crippen molar-refractivity contribution < 1.29 is 19.0 Å². The molecule has 4 nitrogen and oxygen atoms in total. The maximum absolute atomic E-state index is 12.5. The Morgan fingerprint density at radius 1 is 0.500 bits per heavy atom. The highest BCUT2D eigenvalue weighted by atomic mass is 16.5. The minimum absolute atomic E-state index is 0.374. The van der Waals surface area contributed by atoms with E-state index in [1.54, 1.807) is 24.3 Å². The Hall–Kier alpha value is -2.49. The Balaban J connectivity index is 1.59. The van der Waals surface area contributed by atoms with Crippen molar-refractivity contribution in [3.8, 4) is 17.2 Å². The maximum atomic E-state index is 12.5. The molecule has 0 fully saturated rings. The van der Waals surface area contributed by atoms with Crippen molar-refractivity contribution in [3.05, 3.63) is 54.1 Å². The summed E-state index contributed by atoms with van der Waals surface area (Å²) in [4.78, 5) is 12.5. The van der Waals surface area contributed by atoms with E-state index in [-0.39, 0.29) is 5.97 Å². The van der Waals surface area contributed by atoms with Gasteiger partial charge < -0.3 is 14.2 Å². The first-order valence-electron chi connectivity index (χ1n) is 14.4. The van der Waals surface area contributed by atoms with E-state index in [0.717, 1.165) is 30.9 Å². The summed E-state index contributed by atoms with van der Waals surface area (Å²) in [6.45, 7) is 5.93. The lowest BCUT2D eigenvalue weighted by molar-refractivity contribution is 0.0734. The summed E-state index contributed by atoms with van der Waals surface area (Å²) in [5.74, 6) is 1.73. The summed E-state index contributed by atoms with van der Waals surface area (Å²) in [7, 11) is 0. The molecule has 0 saturated heterocycles. The highest BCUT2D eigenvalue weighted by molar-refractivity contribution is 5.91. The molecule has 0 atom stereocenters. The lowest BCUT2D eigenvalue weighted by Crippen LogP contribution is -2.08. The van der Waals surface area contributed by atoms with Gasteiger partial charge in [0.15, 0.2) is 0 Å². The van der Waals surface area contributed by atoms with Crippen LogP contribution in [-0.2, 0) is 0 Å². The molecule has 0 amide bonds. The Kier molecular flexibility index (Phi) is 16.2. The van der Waals surface area contributed by atoms with Crippen LogP contribution in [0.15, 0.2) is 48.5 Å². The summed E-state index contributed by atoms with van der Waals surface area (Å²) in [6.07, 6.45) is 19.1. The molecule has 0 saturated carbocycles. The van der Waals surface area contributed by atoms with Crippen molar-refractivity contribution in [3.63, 3.8) is 0 Å². The minimum Gasteiger partial charge on any atom is -0.494 e. The second-order valence-electron chi connectivity index (χ2n) is 9.68. The van der Waals surface area contributed by atoms with E-state index in [1.165, 1.54) is 83.5 Å². The zero-order valence-electron chi connectivity index (χ0n) is 22.8. The molecule has 0 aliphatic carbocycles. The molecule has 4 heteroatoms. The van der Waals surface area contributed by atoms with Crippen LogP contribution in [0.5, 0.6) is 17.2 Å². The molecule has 0 aliphatic heterocycles. The maximum Gasteiger partial charge on any atom is 0.343 e. The van der Waals surface area contributed by atoms with Gasteiger partial charge in [0.25, 0.3) is 0 Å². The first-order chi connectivity index (χ1) is 17.7. The second-order valence-corrected chi connectivity index (χ2v) is 9.68. The predicted octanol–water partition coefficient (Wildman–Crippen LogP) is 9.55. The van der Waals surface area contributed by atoms with Crippen molar-refractivity contribution >= 4 is 5.97 Å². The highest BCUT2D eigenvalue weighted by Crippen LogP contribution is 2.20. The molecule has 0 aliphatic rings. The fourth-order valence-electron chi connectivity index (χ4n) is 4.13. The van der Waals surface area contributed by atoms with Crippen molar-refractivity contribution in [1.29, 1.82) is 0 Å². The molecule has 2 aromatic rings. The molecular formula is C32H48O4. The number of carbonyl (C=O) groups excluding carboxylic acids is 1. The molecular weight excluding hydrogens is 448 g/mol. The van der Waals surface area contributed by atoms with Crippen LogP contribution in [0.4, 0.5) is 0 Å². The molecule has 36 heavy (non-hydrogen) atoms. The van der Waals surface area contributed by atoms with Crippen LogP contribution in [0.1, 0.15) is 121 Å². The minimum atomic E-state index is -0.374. The number of carbonyl (C=O) groups is 1. The number of unbranched alkanes of at least 4 members (excludes halogenated alkanes) is 13. The van der Waals surface area contributed by atoms with Crippen LogP contribution in [0.2, 0.25) is 0 Å². The Labute approximate surface area is 219 Å². The fourth-order valence-corrected chi connectivity index (χ4v) is 4.13. The van der Waals surface area contributed by atoms with Gasteiger partial charge in [-0.2, -0.15) is 0 Å². The van der Waals surface area contributed by atoms with Crippen molar-refractivity contribution in [2.45, 2.75) is 110 Å². The Morgan fingerprint density at radius 2 is 0.861 bits per heavy atom. The third-order valence-corrected chi connectivity index (χ3v) is 6.41. The van der Waals surface area contributed by atoms with Crippen LogP contribution >= 0.6 is 0 Å². The lowest BCUT2D eigenvalue weighted by atomic mass is 10.1. The van der Waals surface area contributed by atoms with E-state index in [0.29, 0.717) is 17.9 Å². The van der Waals surface area contributed by atoms with Gasteiger partial charge in [0.2, 0.25) is 0 Å². The first kappa shape index (κ1) is 29.7. The molecule has 0 aromatic heterocycles. The monoisotopic (exact) mass is 496 g/mol. The summed E-state index contributed by atoms with van der Waals surface area (Å²) in [6, 6.07) is 14.4. The van der Waals surface area contributed by atoms with Gasteiger partial charge in [-0.15, -0.1) is 0 Å². The summed E-state index contributed by atoms with van der Waals surface area (Å²) < 4.78 is 17.1. The molecule has 0 heterocycles. The van der Waals surface area contributed by atoms with Gasteiger partial charge in [-0.1, -0.05) is 97.3 Å². The van der Waals surface area contributed by atoms with Gasteiger partial charge in [0, 0.05) is 0 Å². The Bertz CT molecular complexity index is 798. The van der Waals surface area contributed by atoms with Crippen LogP contribution in [-0.4, -0.2) is 19.2 Å². The molecule has 2 rings (SSSR count). The van der Waals surface area contributed by atoms with Gasteiger partial charge in [0.1, 0.15) is 17.2 Å². The third kappa shape index (κ3) is 13.6. The molecule has 0 spiro atoms. The highest BCUT2D eigenvalue weighted by Gasteiger charge is 2.09.